The first-order chi connectivity index (χ1) is 12.4. The molecule has 0 saturated heterocycles. The van der Waals surface area contributed by atoms with Crippen LogP contribution in [0.1, 0.15) is 35.9 Å². The topological polar surface area (TPSA) is 100 Å². The summed E-state index contributed by atoms with van der Waals surface area (Å²) < 4.78 is 14.0. The lowest BCUT2D eigenvalue weighted by Crippen LogP contribution is -2.31. The molecule has 0 spiro atoms. The molecule has 0 aliphatic rings. The van der Waals surface area contributed by atoms with Crippen LogP contribution in [0, 0.1) is 5.82 Å². The number of halogens is 1. The Kier molecular flexibility index (Phi) is 5.38. The largest absolute Gasteiger partial charge is 0.392 e. The summed E-state index contributed by atoms with van der Waals surface area (Å²) in [7, 11) is 0. The second-order valence-electron chi connectivity index (χ2n) is 5.89. The van der Waals surface area contributed by atoms with Crippen LogP contribution < -0.4 is 10.6 Å². The molecule has 0 aliphatic carbocycles. The summed E-state index contributed by atoms with van der Waals surface area (Å²) in [6.07, 6.45) is 2.03. The van der Waals surface area contributed by atoms with Crippen LogP contribution in [-0.4, -0.2) is 38.6 Å². The van der Waals surface area contributed by atoms with Gasteiger partial charge in [-0.1, -0.05) is 0 Å². The molecule has 136 valence electrons. The molecule has 0 unspecified atom stereocenters. The van der Waals surface area contributed by atoms with E-state index < -0.39 is 11.9 Å². The summed E-state index contributed by atoms with van der Waals surface area (Å²) in [5, 5.41) is 16.9. The molecular weight excluding hydrogens is 357 g/mol. The van der Waals surface area contributed by atoms with Crippen molar-refractivity contribution in [2.24, 2.45) is 0 Å². The first-order valence-corrected chi connectivity index (χ1v) is 8.90. The average Bonchev–Trinajstić information content (AvgIpc) is 3.07. The fourth-order valence-corrected chi connectivity index (χ4v) is 3.17. The van der Waals surface area contributed by atoms with Crippen molar-refractivity contribution < 1.29 is 14.3 Å². The minimum absolute atomic E-state index is 0.129. The van der Waals surface area contributed by atoms with Gasteiger partial charge >= 0.3 is 0 Å². The maximum atomic E-state index is 13.4. The molecule has 1 amide bonds. The highest BCUT2D eigenvalue weighted by atomic mass is 32.1. The van der Waals surface area contributed by atoms with Crippen molar-refractivity contribution in [2.45, 2.75) is 26.0 Å². The van der Waals surface area contributed by atoms with Crippen LogP contribution in [0.25, 0.3) is 10.2 Å². The molecule has 0 fully saturated rings. The number of nitrogens with zero attached hydrogens (tertiary/aromatic N) is 3. The monoisotopic (exact) mass is 375 g/mol. The minimum Gasteiger partial charge on any atom is -0.392 e. The number of hydrogen-bond donors (Lipinski definition) is 3. The fraction of sp³-hybridized carbons (Fsp3) is 0.294. The zero-order valence-corrected chi connectivity index (χ0v) is 15.0. The van der Waals surface area contributed by atoms with Crippen molar-refractivity contribution in [2.75, 3.05) is 11.9 Å². The predicted octanol–water partition coefficient (Wildman–Crippen LogP) is 2.51. The Morgan fingerprint density at radius 1 is 1.35 bits per heavy atom. The van der Waals surface area contributed by atoms with Gasteiger partial charge in [0, 0.05) is 12.7 Å². The second kappa shape index (κ2) is 7.71. The molecule has 0 radical (unpaired) electrons. The van der Waals surface area contributed by atoms with Crippen LogP contribution in [-0.2, 0) is 0 Å². The molecule has 2 atom stereocenters. The number of anilines is 1. The van der Waals surface area contributed by atoms with Gasteiger partial charge in [-0.05, 0) is 36.9 Å². The molecule has 0 aliphatic heterocycles. The van der Waals surface area contributed by atoms with Crippen molar-refractivity contribution in [1.82, 2.24) is 20.3 Å². The van der Waals surface area contributed by atoms with Gasteiger partial charge in [-0.15, -0.1) is 11.3 Å². The third-order valence-corrected chi connectivity index (χ3v) is 4.56. The lowest BCUT2D eigenvalue weighted by atomic mass is 10.1. The Hall–Kier alpha value is -2.65. The van der Waals surface area contributed by atoms with Crippen LogP contribution in [0.4, 0.5) is 10.3 Å². The van der Waals surface area contributed by atoms with Gasteiger partial charge in [-0.2, -0.15) is 0 Å². The van der Waals surface area contributed by atoms with Gasteiger partial charge in [0.1, 0.15) is 5.82 Å². The number of amides is 1. The fourth-order valence-electron chi connectivity index (χ4n) is 2.35. The summed E-state index contributed by atoms with van der Waals surface area (Å²) in [5.74, 6) is -0.553. The number of aliphatic hydroxyl groups excluding tert-OH is 1. The number of fused-ring (bicyclic) bond motifs is 1. The number of carbonyl (C=O) groups excluding carboxylic acids is 1. The number of pyridine rings is 1. The van der Waals surface area contributed by atoms with Crippen LogP contribution >= 0.6 is 11.3 Å². The quantitative estimate of drug-likeness (QED) is 0.612. The SMILES string of the molecule is C[C@H](Nc1nc(C(=O)NC[C@@H](C)O)c2sccc2n1)c1cncc(F)c1. The molecule has 0 saturated carbocycles. The highest BCUT2D eigenvalue weighted by molar-refractivity contribution is 7.17. The minimum atomic E-state index is -0.655. The first-order valence-electron chi connectivity index (χ1n) is 8.02. The first kappa shape index (κ1) is 18.2. The molecule has 0 aromatic carbocycles. The van der Waals surface area contributed by atoms with Gasteiger partial charge in [0.2, 0.25) is 5.95 Å². The molecule has 3 rings (SSSR count). The van der Waals surface area contributed by atoms with Crippen molar-refractivity contribution in [3.05, 3.63) is 47.0 Å². The number of aromatic nitrogens is 3. The number of thiophene rings is 1. The maximum absolute atomic E-state index is 13.4. The van der Waals surface area contributed by atoms with Gasteiger partial charge in [-0.25, -0.2) is 14.4 Å². The van der Waals surface area contributed by atoms with Gasteiger partial charge in [0.05, 0.1) is 28.6 Å². The van der Waals surface area contributed by atoms with E-state index in [1.165, 1.54) is 17.4 Å². The Labute approximate surface area is 153 Å². The number of rotatable bonds is 6. The van der Waals surface area contributed by atoms with Crippen molar-refractivity contribution >= 4 is 33.4 Å². The number of nitrogens with one attached hydrogen (secondary N) is 2. The molecule has 3 aromatic rings. The standard InChI is InChI=1S/C17H18FN5O2S/c1-9(24)6-20-16(25)14-15-13(3-4-26-15)22-17(23-14)21-10(2)11-5-12(18)8-19-7-11/h3-5,7-10,24H,6H2,1-2H3,(H,20,25)(H,21,22,23)/t9-,10+/m1/s1. The molecule has 3 N–H and O–H groups in total. The number of aliphatic hydroxyl groups is 1. The smallest absolute Gasteiger partial charge is 0.271 e. The van der Waals surface area contributed by atoms with Gasteiger partial charge in [-0.3, -0.25) is 9.78 Å². The molecule has 0 bridgehead atoms. The molecule has 3 aromatic heterocycles. The van der Waals surface area contributed by atoms with Crippen LogP contribution in [0.15, 0.2) is 29.9 Å². The molecule has 26 heavy (non-hydrogen) atoms. The van der Waals surface area contributed by atoms with E-state index in [1.807, 2.05) is 12.3 Å². The lowest BCUT2D eigenvalue weighted by molar-refractivity contribution is 0.0921. The van der Waals surface area contributed by atoms with Crippen molar-refractivity contribution in [3.63, 3.8) is 0 Å². The van der Waals surface area contributed by atoms with Crippen LogP contribution in [0.3, 0.4) is 0 Å². The molecule has 7 nitrogen and oxygen atoms in total. The predicted molar refractivity (Wildman–Crippen MR) is 97.7 cm³/mol. The van der Waals surface area contributed by atoms with E-state index in [0.717, 1.165) is 6.20 Å². The van der Waals surface area contributed by atoms with Gasteiger partial charge in [0.25, 0.3) is 5.91 Å². The van der Waals surface area contributed by atoms with E-state index in [0.29, 0.717) is 15.8 Å². The van der Waals surface area contributed by atoms with E-state index in [2.05, 4.69) is 25.6 Å². The summed E-state index contributed by atoms with van der Waals surface area (Å²) in [6.45, 7) is 3.54. The number of hydrogen-bond acceptors (Lipinski definition) is 7. The Balaban J connectivity index is 1.88. The van der Waals surface area contributed by atoms with Crippen molar-refractivity contribution in [1.29, 1.82) is 0 Å². The second-order valence-corrected chi connectivity index (χ2v) is 6.81. The third kappa shape index (κ3) is 4.12. The summed E-state index contributed by atoms with van der Waals surface area (Å²) in [4.78, 5) is 25.0. The maximum Gasteiger partial charge on any atom is 0.271 e. The van der Waals surface area contributed by atoms with E-state index in [9.17, 15) is 14.3 Å². The molecule has 9 heteroatoms. The third-order valence-electron chi connectivity index (χ3n) is 3.65. The van der Waals surface area contributed by atoms with E-state index >= 15 is 0 Å². The van der Waals surface area contributed by atoms with Gasteiger partial charge < -0.3 is 15.7 Å². The molecule has 3 heterocycles. The van der Waals surface area contributed by atoms with E-state index in [1.54, 1.807) is 19.2 Å². The molecular formula is C17H18FN5O2S. The Bertz CT molecular complexity index is 930. The van der Waals surface area contributed by atoms with Crippen molar-refractivity contribution in [3.8, 4) is 0 Å². The van der Waals surface area contributed by atoms with Crippen LogP contribution in [0.5, 0.6) is 0 Å². The Morgan fingerprint density at radius 2 is 2.15 bits per heavy atom. The summed E-state index contributed by atoms with van der Waals surface area (Å²) >= 11 is 1.37. The van der Waals surface area contributed by atoms with E-state index in [4.69, 9.17) is 0 Å². The van der Waals surface area contributed by atoms with E-state index in [-0.39, 0.29) is 30.1 Å². The zero-order chi connectivity index (χ0) is 18.7. The normalized spacial score (nSPS) is 13.4. The van der Waals surface area contributed by atoms with Gasteiger partial charge in [0.15, 0.2) is 5.69 Å². The number of carbonyl (C=O) groups is 1. The average molecular weight is 375 g/mol. The lowest BCUT2D eigenvalue weighted by Gasteiger charge is -2.15. The summed E-state index contributed by atoms with van der Waals surface area (Å²) in [5.41, 5.74) is 1.51. The highest BCUT2D eigenvalue weighted by Gasteiger charge is 2.18. The summed E-state index contributed by atoms with van der Waals surface area (Å²) in [6, 6.07) is 2.87. The Morgan fingerprint density at radius 3 is 2.88 bits per heavy atom. The zero-order valence-electron chi connectivity index (χ0n) is 14.2. The van der Waals surface area contributed by atoms with Crippen LogP contribution in [0.2, 0.25) is 0 Å². The highest BCUT2D eigenvalue weighted by Crippen LogP contribution is 2.25.